The quantitative estimate of drug-likeness (QED) is 0.0783. The van der Waals surface area contributed by atoms with Crippen LogP contribution in [0.5, 0.6) is 11.5 Å². The highest BCUT2D eigenvalue weighted by Gasteiger charge is 2.10. The summed E-state index contributed by atoms with van der Waals surface area (Å²) in [4.78, 5) is 29.2. The van der Waals surface area contributed by atoms with Crippen molar-refractivity contribution in [3.8, 4) is 11.5 Å². The zero-order valence-electron chi connectivity index (χ0n) is 23.9. The van der Waals surface area contributed by atoms with E-state index in [0.717, 1.165) is 24.2 Å². The Kier molecular flexibility index (Phi) is 12.9. The number of unbranched alkanes of at least 4 members (excludes halogenated alkanes) is 5. The van der Waals surface area contributed by atoms with Crippen molar-refractivity contribution in [3.05, 3.63) is 89.5 Å². The summed E-state index contributed by atoms with van der Waals surface area (Å²) in [5.74, 6) is 0.796. The van der Waals surface area contributed by atoms with Crippen LogP contribution in [0.2, 0.25) is 0 Å². The molecule has 0 amide bonds. The van der Waals surface area contributed by atoms with Gasteiger partial charge in [-0.15, -0.1) is 0 Å². The Bertz CT molecular complexity index is 1200. The first-order valence-corrected chi connectivity index (χ1v) is 14.3. The molecule has 0 spiro atoms. The number of aliphatic imine (C=N–C) groups is 1. The molecule has 0 aliphatic carbocycles. The second-order valence-corrected chi connectivity index (χ2v) is 10.0. The van der Waals surface area contributed by atoms with Crippen molar-refractivity contribution in [1.29, 1.82) is 0 Å². The van der Waals surface area contributed by atoms with Crippen LogP contribution >= 0.6 is 0 Å². The van der Waals surface area contributed by atoms with Crippen molar-refractivity contribution in [3.63, 3.8) is 0 Å². The molecule has 0 aromatic heterocycles. The average molecular weight is 544 g/mol. The van der Waals surface area contributed by atoms with E-state index in [-0.39, 0.29) is 5.97 Å². The number of hydrogen-bond donors (Lipinski definition) is 0. The smallest absolute Gasteiger partial charge is 0.343 e. The molecule has 3 aromatic rings. The first kappa shape index (κ1) is 30.6. The van der Waals surface area contributed by atoms with Crippen LogP contribution in [0.25, 0.3) is 0 Å². The largest absolute Gasteiger partial charge is 0.494 e. The second kappa shape index (κ2) is 16.9. The van der Waals surface area contributed by atoms with E-state index in [4.69, 9.17) is 14.2 Å². The molecular weight excluding hydrogens is 502 g/mol. The third-order valence-electron chi connectivity index (χ3n) is 6.61. The zero-order valence-corrected chi connectivity index (χ0v) is 23.9. The summed E-state index contributed by atoms with van der Waals surface area (Å²) >= 11 is 0. The molecule has 0 radical (unpaired) electrons. The van der Waals surface area contributed by atoms with Crippen LogP contribution in [-0.2, 0) is 4.74 Å². The van der Waals surface area contributed by atoms with Gasteiger partial charge in [-0.1, -0.05) is 59.3 Å². The van der Waals surface area contributed by atoms with Crippen LogP contribution in [0, 0.1) is 5.92 Å². The van der Waals surface area contributed by atoms with E-state index in [0.29, 0.717) is 41.7 Å². The molecule has 40 heavy (non-hydrogen) atoms. The van der Waals surface area contributed by atoms with E-state index < -0.39 is 5.97 Å². The van der Waals surface area contributed by atoms with Gasteiger partial charge in [-0.3, -0.25) is 4.99 Å². The summed E-state index contributed by atoms with van der Waals surface area (Å²) < 4.78 is 16.6. The van der Waals surface area contributed by atoms with Crippen LogP contribution in [-0.4, -0.2) is 31.4 Å². The third-order valence-corrected chi connectivity index (χ3v) is 6.61. The van der Waals surface area contributed by atoms with Crippen molar-refractivity contribution >= 4 is 23.8 Å². The van der Waals surface area contributed by atoms with Crippen molar-refractivity contribution < 1.29 is 23.8 Å². The lowest BCUT2D eigenvalue weighted by Crippen LogP contribution is -2.11. The number of rotatable bonds is 16. The Morgan fingerprint density at radius 1 is 0.750 bits per heavy atom. The SMILES string of the molecule is CCCCCCCCOc1ccc(C(=O)Oc2ccc(C=Nc3ccc(C(=O)OC[C@@H](C)CC)cc3)cc2)cc1. The van der Waals surface area contributed by atoms with Gasteiger partial charge in [0.1, 0.15) is 11.5 Å². The Hall–Kier alpha value is -3.93. The molecular formula is C34H41NO5. The molecule has 212 valence electrons. The fourth-order valence-electron chi connectivity index (χ4n) is 3.80. The predicted molar refractivity (Wildman–Crippen MR) is 160 cm³/mol. The number of ether oxygens (including phenoxy) is 3. The minimum atomic E-state index is -0.424. The van der Waals surface area contributed by atoms with Gasteiger partial charge in [-0.25, -0.2) is 9.59 Å². The topological polar surface area (TPSA) is 74.2 Å². The van der Waals surface area contributed by atoms with Crippen LogP contribution < -0.4 is 9.47 Å². The van der Waals surface area contributed by atoms with Crippen molar-refractivity contribution in [2.45, 2.75) is 65.7 Å². The van der Waals surface area contributed by atoms with E-state index >= 15 is 0 Å². The number of benzene rings is 3. The molecule has 6 heteroatoms. The number of nitrogens with zero attached hydrogens (tertiary/aromatic N) is 1. The Morgan fingerprint density at radius 3 is 2.02 bits per heavy atom. The van der Waals surface area contributed by atoms with Crippen LogP contribution in [0.15, 0.2) is 77.8 Å². The maximum Gasteiger partial charge on any atom is 0.343 e. The van der Waals surface area contributed by atoms with Crippen molar-refractivity contribution in [2.75, 3.05) is 13.2 Å². The van der Waals surface area contributed by atoms with Crippen LogP contribution in [0.3, 0.4) is 0 Å². The number of carbonyl (C=O) groups excluding carboxylic acids is 2. The molecule has 0 aliphatic heterocycles. The second-order valence-electron chi connectivity index (χ2n) is 10.0. The minimum absolute atomic E-state index is 0.325. The third kappa shape index (κ3) is 10.7. The molecule has 0 saturated heterocycles. The fourth-order valence-corrected chi connectivity index (χ4v) is 3.80. The van der Waals surface area contributed by atoms with Crippen molar-refractivity contribution in [1.82, 2.24) is 0 Å². The van der Waals surface area contributed by atoms with Gasteiger partial charge in [-0.2, -0.15) is 0 Å². The Morgan fingerprint density at radius 2 is 1.35 bits per heavy atom. The normalized spacial score (nSPS) is 11.8. The maximum absolute atomic E-state index is 12.5. The Labute approximate surface area is 238 Å². The summed E-state index contributed by atoms with van der Waals surface area (Å²) in [7, 11) is 0. The molecule has 6 nitrogen and oxygen atoms in total. The van der Waals surface area contributed by atoms with E-state index in [1.54, 1.807) is 66.9 Å². The van der Waals surface area contributed by atoms with Crippen LogP contribution in [0.1, 0.15) is 92.0 Å². The lowest BCUT2D eigenvalue weighted by Gasteiger charge is -2.09. The molecule has 0 bridgehead atoms. The summed E-state index contributed by atoms with van der Waals surface area (Å²) in [6.07, 6.45) is 9.99. The van der Waals surface area contributed by atoms with Gasteiger partial charge in [0, 0.05) is 6.21 Å². The predicted octanol–water partition coefficient (Wildman–Crippen LogP) is 8.60. The van der Waals surface area contributed by atoms with E-state index in [2.05, 4.69) is 18.8 Å². The van der Waals surface area contributed by atoms with Gasteiger partial charge in [0.25, 0.3) is 0 Å². The zero-order chi connectivity index (χ0) is 28.6. The molecule has 0 saturated carbocycles. The highest BCUT2D eigenvalue weighted by molar-refractivity contribution is 5.91. The monoisotopic (exact) mass is 543 g/mol. The molecule has 3 aromatic carbocycles. The number of carbonyl (C=O) groups is 2. The molecule has 0 N–H and O–H groups in total. The van der Waals surface area contributed by atoms with Gasteiger partial charge in [0.2, 0.25) is 0 Å². The summed E-state index contributed by atoms with van der Waals surface area (Å²) in [6, 6.07) is 21.1. The van der Waals surface area contributed by atoms with E-state index in [1.807, 2.05) is 19.1 Å². The highest BCUT2D eigenvalue weighted by atomic mass is 16.5. The molecule has 0 unspecified atom stereocenters. The summed E-state index contributed by atoms with van der Waals surface area (Å²) in [5, 5.41) is 0. The first-order valence-electron chi connectivity index (χ1n) is 14.3. The van der Waals surface area contributed by atoms with Gasteiger partial charge < -0.3 is 14.2 Å². The average Bonchev–Trinajstić information content (AvgIpc) is 2.99. The lowest BCUT2D eigenvalue weighted by molar-refractivity contribution is 0.0447. The molecule has 0 aliphatic rings. The Balaban J connectivity index is 1.43. The summed E-state index contributed by atoms with van der Waals surface area (Å²) in [6.45, 7) is 7.44. The van der Waals surface area contributed by atoms with Gasteiger partial charge >= 0.3 is 11.9 Å². The molecule has 1 atom stereocenters. The standard InChI is InChI=1S/C34H41NO5/c1-4-6-7-8-9-10-23-38-31-21-15-29(16-22-31)34(37)40-32-19-11-27(12-20-32)24-35-30-17-13-28(14-18-30)33(36)39-25-26(3)5-2/h11-22,24,26H,4-10,23,25H2,1-3H3/t26-/m0/s1. The lowest BCUT2D eigenvalue weighted by atomic mass is 10.1. The first-order chi connectivity index (χ1) is 19.5. The molecule has 3 rings (SSSR count). The van der Waals surface area contributed by atoms with Crippen LogP contribution in [0.4, 0.5) is 5.69 Å². The number of esters is 2. The minimum Gasteiger partial charge on any atom is -0.494 e. The fraction of sp³-hybridized carbons (Fsp3) is 0.382. The molecule has 0 heterocycles. The van der Waals surface area contributed by atoms with Gasteiger partial charge in [0.05, 0.1) is 30.0 Å². The van der Waals surface area contributed by atoms with E-state index in [1.165, 1.54) is 32.1 Å². The maximum atomic E-state index is 12.5. The van der Waals surface area contributed by atoms with Gasteiger partial charge in [-0.05, 0) is 90.7 Å². The number of hydrogen-bond acceptors (Lipinski definition) is 6. The van der Waals surface area contributed by atoms with Crippen molar-refractivity contribution in [2.24, 2.45) is 10.9 Å². The highest BCUT2D eigenvalue weighted by Crippen LogP contribution is 2.18. The molecule has 0 fully saturated rings. The van der Waals surface area contributed by atoms with E-state index in [9.17, 15) is 9.59 Å². The summed E-state index contributed by atoms with van der Waals surface area (Å²) in [5.41, 5.74) is 2.53. The van der Waals surface area contributed by atoms with Gasteiger partial charge in [0.15, 0.2) is 0 Å².